The topological polar surface area (TPSA) is 47.6 Å². The maximum Gasteiger partial charge on any atom is 0.326 e. The molecule has 0 aliphatic rings. The average molecular weight is 255 g/mol. The van der Waals surface area contributed by atoms with Crippen molar-refractivity contribution in [2.24, 2.45) is 0 Å². The molecular weight excluding hydrogens is 237 g/mol. The van der Waals surface area contributed by atoms with Gasteiger partial charge in [-0.15, -0.1) is 0 Å². The van der Waals surface area contributed by atoms with E-state index in [1.165, 1.54) is 12.1 Å². The van der Waals surface area contributed by atoms with Crippen LogP contribution in [-0.4, -0.2) is 31.8 Å². The Hall–Kier alpha value is -1.62. The molecule has 100 valence electrons. The first-order chi connectivity index (χ1) is 8.69. The highest BCUT2D eigenvalue weighted by molar-refractivity contribution is 5.76. The number of para-hydroxylation sites is 1. The van der Waals surface area contributed by atoms with Crippen LogP contribution >= 0.6 is 0 Å². The highest BCUT2D eigenvalue weighted by Crippen LogP contribution is 2.15. The molecule has 4 nitrogen and oxygen atoms in total. The quantitative estimate of drug-likeness (QED) is 0.754. The van der Waals surface area contributed by atoms with Gasteiger partial charge in [0, 0.05) is 0 Å². The van der Waals surface area contributed by atoms with Crippen LogP contribution in [0.4, 0.5) is 4.39 Å². The predicted octanol–water partition coefficient (Wildman–Crippen LogP) is 1.75. The summed E-state index contributed by atoms with van der Waals surface area (Å²) in [7, 11) is 0. The van der Waals surface area contributed by atoms with Gasteiger partial charge in [-0.2, -0.15) is 0 Å². The molecule has 0 aromatic heterocycles. The van der Waals surface area contributed by atoms with Gasteiger partial charge in [-0.1, -0.05) is 19.1 Å². The normalized spacial score (nSPS) is 11.9. The third-order valence-corrected chi connectivity index (χ3v) is 2.26. The minimum absolute atomic E-state index is 0.0353. The number of halogens is 1. The third kappa shape index (κ3) is 4.33. The molecule has 1 rings (SSSR count). The van der Waals surface area contributed by atoms with E-state index in [1.54, 1.807) is 19.1 Å². The summed E-state index contributed by atoms with van der Waals surface area (Å²) in [4.78, 5) is 11.6. The maximum atomic E-state index is 13.3. The molecule has 0 fully saturated rings. The molecule has 5 heteroatoms. The van der Waals surface area contributed by atoms with Crippen molar-refractivity contribution < 1.29 is 18.7 Å². The van der Waals surface area contributed by atoms with Gasteiger partial charge in [0.05, 0.1) is 6.61 Å². The molecule has 1 atom stereocenters. The van der Waals surface area contributed by atoms with Crippen molar-refractivity contribution in [2.45, 2.75) is 19.9 Å². The lowest BCUT2D eigenvalue weighted by molar-refractivity contribution is -0.146. The molecule has 0 amide bonds. The van der Waals surface area contributed by atoms with Crippen molar-refractivity contribution in [1.29, 1.82) is 0 Å². The molecule has 0 radical (unpaired) electrons. The Morgan fingerprint density at radius 1 is 1.39 bits per heavy atom. The first-order valence-corrected chi connectivity index (χ1v) is 5.96. The number of hydrogen-bond donors (Lipinski definition) is 1. The summed E-state index contributed by atoms with van der Waals surface area (Å²) >= 11 is 0. The molecular formula is C13H18FNO3. The van der Waals surface area contributed by atoms with Gasteiger partial charge in [-0.3, -0.25) is 4.79 Å². The van der Waals surface area contributed by atoms with Crippen molar-refractivity contribution >= 4 is 5.97 Å². The molecule has 0 saturated carbocycles. The summed E-state index contributed by atoms with van der Waals surface area (Å²) in [5.41, 5.74) is 0. The molecule has 0 aliphatic carbocycles. The number of carbonyl (C=O) groups is 1. The van der Waals surface area contributed by atoms with E-state index in [9.17, 15) is 9.18 Å². The average Bonchev–Trinajstić information content (AvgIpc) is 2.36. The maximum absolute atomic E-state index is 13.3. The summed E-state index contributed by atoms with van der Waals surface area (Å²) in [6, 6.07) is 5.49. The molecule has 0 bridgehead atoms. The Labute approximate surface area is 106 Å². The van der Waals surface area contributed by atoms with Crippen LogP contribution in [0.2, 0.25) is 0 Å². The zero-order valence-electron chi connectivity index (χ0n) is 10.6. The second-order valence-electron chi connectivity index (χ2n) is 3.60. The van der Waals surface area contributed by atoms with Crippen LogP contribution in [0.5, 0.6) is 5.75 Å². The smallest absolute Gasteiger partial charge is 0.326 e. The van der Waals surface area contributed by atoms with Gasteiger partial charge in [-0.25, -0.2) is 4.39 Å². The Morgan fingerprint density at radius 3 is 2.72 bits per heavy atom. The van der Waals surface area contributed by atoms with Crippen LogP contribution in [0.3, 0.4) is 0 Å². The molecule has 0 aliphatic heterocycles. The summed E-state index contributed by atoms with van der Waals surface area (Å²) < 4.78 is 23.5. The van der Waals surface area contributed by atoms with Crippen molar-refractivity contribution in [3.05, 3.63) is 30.1 Å². The number of likely N-dealkylation sites (N-methyl/N-ethyl adjacent to an activating group) is 1. The van der Waals surface area contributed by atoms with Gasteiger partial charge < -0.3 is 14.8 Å². The van der Waals surface area contributed by atoms with E-state index in [0.717, 1.165) is 0 Å². The lowest BCUT2D eigenvalue weighted by atomic mass is 10.3. The number of carbonyl (C=O) groups excluding carboxylic acids is 1. The molecule has 1 aromatic carbocycles. The molecule has 1 N–H and O–H groups in total. The van der Waals surface area contributed by atoms with Crippen LogP contribution in [-0.2, 0) is 9.53 Å². The summed E-state index contributed by atoms with van der Waals surface area (Å²) in [6.45, 7) is 4.55. The van der Waals surface area contributed by atoms with E-state index < -0.39 is 17.8 Å². The summed E-state index contributed by atoms with van der Waals surface area (Å²) in [5, 5.41) is 2.93. The SMILES string of the molecule is CCNC(COc1ccccc1F)C(=O)OCC. The van der Waals surface area contributed by atoms with E-state index in [-0.39, 0.29) is 12.4 Å². The zero-order valence-corrected chi connectivity index (χ0v) is 10.6. The molecule has 18 heavy (non-hydrogen) atoms. The Balaban J connectivity index is 2.57. The molecule has 1 unspecified atom stereocenters. The van der Waals surface area contributed by atoms with E-state index in [0.29, 0.717) is 13.2 Å². The monoisotopic (exact) mass is 255 g/mol. The van der Waals surface area contributed by atoms with Gasteiger partial charge in [-0.05, 0) is 25.6 Å². The standard InChI is InChI=1S/C13H18FNO3/c1-3-15-11(13(16)17-4-2)9-18-12-8-6-5-7-10(12)14/h5-8,11,15H,3-4,9H2,1-2H3. The fourth-order valence-corrected chi connectivity index (χ4v) is 1.43. The zero-order chi connectivity index (χ0) is 13.4. The Morgan fingerprint density at radius 2 is 2.11 bits per heavy atom. The highest BCUT2D eigenvalue weighted by Gasteiger charge is 2.19. The first kappa shape index (κ1) is 14.4. The third-order valence-electron chi connectivity index (χ3n) is 2.26. The number of benzene rings is 1. The number of ether oxygens (including phenoxy) is 2. The Kier molecular flexibility index (Phi) is 6.14. The van der Waals surface area contributed by atoms with E-state index in [1.807, 2.05) is 6.92 Å². The van der Waals surface area contributed by atoms with Gasteiger partial charge in [0.2, 0.25) is 0 Å². The van der Waals surface area contributed by atoms with Crippen molar-refractivity contribution in [2.75, 3.05) is 19.8 Å². The van der Waals surface area contributed by atoms with Crippen LogP contribution in [0.25, 0.3) is 0 Å². The molecule has 1 aromatic rings. The largest absolute Gasteiger partial charge is 0.488 e. The van der Waals surface area contributed by atoms with E-state index in [2.05, 4.69) is 5.32 Å². The molecule has 0 heterocycles. The second-order valence-corrected chi connectivity index (χ2v) is 3.60. The Bertz CT molecular complexity index is 384. The van der Waals surface area contributed by atoms with Gasteiger partial charge in [0.1, 0.15) is 12.6 Å². The van der Waals surface area contributed by atoms with Crippen LogP contribution < -0.4 is 10.1 Å². The summed E-state index contributed by atoms with van der Waals surface area (Å²) in [6.07, 6.45) is 0. The molecule has 0 saturated heterocycles. The van der Waals surface area contributed by atoms with Gasteiger partial charge >= 0.3 is 5.97 Å². The van der Waals surface area contributed by atoms with Crippen molar-refractivity contribution in [3.8, 4) is 5.75 Å². The van der Waals surface area contributed by atoms with Crippen molar-refractivity contribution in [3.63, 3.8) is 0 Å². The molecule has 0 spiro atoms. The number of nitrogens with one attached hydrogen (secondary N) is 1. The lowest BCUT2D eigenvalue weighted by Crippen LogP contribution is -2.42. The minimum atomic E-state index is -0.588. The summed E-state index contributed by atoms with van der Waals surface area (Å²) in [5.74, 6) is -0.711. The van der Waals surface area contributed by atoms with Gasteiger partial charge in [0.15, 0.2) is 11.6 Å². The van der Waals surface area contributed by atoms with Crippen LogP contribution in [0, 0.1) is 5.82 Å². The second kappa shape index (κ2) is 7.66. The fourth-order valence-electron chi connectivity index (χ4n) is 1.43. The van der Waals surface area contributed by atoms with Crippen LogP contribution in [0.15, 0.2) is 24.3 Å². The highest BCUT2D eigenvalue weighted by atomic mass is 19.1. The predicted molar refractivity (Wildman–Crippen MR) is 66.0 cm³/mol. The number of rotatable bonds is 7. The van der Waals surface area contributed by atoms with Gasteiger partial charge in [0.25, 0.3) is 0 Å². The first-order valence-electron chi connectivity index (χ1n) is 5.96. The van der Waals surface area contributed by atoms with Crippen LogP contribution in [0.1, 0.15) is 13.8 Å². The van der Waals surface area contributed by atoms with E-state index >= 15 is 0 Å². The van der Waals surface area contributed by atoms with Crippen molar-refractivity contribution in [1.82, 2.24) is 5.32 Å². The number of esters is 1. The number of hydrogen-bond acceptors (Lipinski definition) is 4. The fraction of sp³-hybridized carbons (Fsp3) is 0.462. The van der Waals surface area contributed by atoms with E-state index in [4.69, 9.17) is 9.47 Å². The lowest BCUT2D eigenvalue weighted by Gasteiger charge is -2.17. The minimum Gasteiger partial charge on any atom is -0.488 e.